The second kappa shape index (κ2) is 29.7. The molecule has 0 fully saturated rings. The lowest BCUT2D eigenvalue weighted by atomic mass is 10.00. The van der Waals surface area contributed by atoms with Gasteiger partial charge in [-0.2, -0.15) is 0 Å². The minimum atomic E-state index is -0.115. The standard InChI is InChI=1S/C27H54O10/c1-5-7-8-26(6-2)27(28)37-24-22-35-20-18-33-16-14-31-12-10-29-9-11-30-13-15-32-17-19-34-21-23-36-25(3)4/h25-26H,5-24H2,1-4H3. The molecule has 0 aliphatic rings. The first-order valence-electron chi connectivity index (χ1n) is 13.9. The van der Waals surface area contributed by atoms with Crippen LogP contribution in [0.1, 0.15) is 53.4 Å². The van der Waals surface area contributed by atoms with Crippen molar-refractivity contribution in [2.75, 3.05) is 106 Å². The smallest absolute Gasteiger partial charge is 0.308 e. The number of esters is 1. The third-order valence-electron chi connectivity index (χ3n) is 5.12. The lowest BCUT2D eigenvalue weighted by Gasteiger charge is -2.13. The fourth-order valence-electron chi connectivity index (χ4n) is 3.02. The van der Waals surface area contributed by atoms with Crippen molar-refractivity contribution in [1.29, 1.82) is 0 Å². The normalized spacial score (nSPS) is 12.4. The number of unbranched alkanes of at least 4 members (excludes halogenated alkanes) is 1. The van der Waals surface area contributed by atoms with Gasteiger partial charge in [0, 0.05) is 0 Å². The quantitative estimate of drug-likeness (QED) is 0.100. The number of hydrogen-bond donors (Lipinski definition) is 0. The second-order valence-electron chi connectivity index (χ2n) is 8.62. The van der Waals surface area contributed by atoms with E-state index < -0.39 is 0 Å². The molecule has 222 valence electrons. The molecule has 0 N–H and O–H groups in total. The Morgan fingerprint density at radius 3 is 1.22 bits per heavy atom. The van der Waals surface area contributed by atoms with Gasteiger partial charge in [0.2, 0.25) is 0 Å². The van der Waals surface area contributed by atoms with E-state index in [1.54, 1.807) is 0 Å². The fraction of sp³-hybridized carbons (Fsp3) is 0.963. The van der Waals surface area contributed by atoms with Crippen LogP contribution in [0.15, 0.2) is 0 Å². The molecule has 10 heteroatoms. The van der Waals surface area contributed by atoms with Crippen LogP contribution in [0, 0.1) is 5.92 Å². The van der Waals surface area contributed by atoms with Crippen LogP contribution in [0.5, 0.6) is 0 Å². The van der Waals surface area contributed by atoms with E-state index >= 15 is 0 Å². The van der Waals surface area contributed by atoms with Crippen LogP contribution in [0.3, 0.4) is 0 Å². The molecule has 10 nitrogen and oxygen atoms in total. The zero-order chi connectivity index (χ0) is 27.2. The summed E-state index contributed by atoms with van der Waals surface area (Å²) in [6.07, 6.45) is 4.09. The average molecular weight is 539 g/mol. The van der Waals surface area contributed by atoms with E-state index in [1.165, 1.54) is 0 Å². The molecule has 0 aromatic heterocycles. The molecule has 0 amide bonds. The van der Waals surface area contributed by atoms with Crippen LogP contribution in [0.4, 0.5) is 0 Å². The van der Waals surface area contributed by atoms with Crippen molar-refractivity contribution < 1.29 is 47.4 Å². The largest absolute Gasteiger partial charge is 0.463 e. The van der Waals surface area contributed by atoms with Gasteiger partial charge >= 0.3 is 5.97 Å². The SMILES string of the molecule is CCCCC(CC)C(=O)OCCOCCOCCOCCOCCOCCOCCOCCOC(C)C. The Morgan fingerprint density at radius 2 is 0.892 bits per heavy atom. The summed E-state index contributed by atoms with van der Waals surface area (Å²) in [5.74, 6) is -0.111. The number of hydrogen-bond acceptors (Lipinski definition) is 10. The first-order valence-corrected chi connectivity index (χ1v) is 13.9. The molecule has 0 aromatic rings. The Kier molecular flexibility index (Phi) is 29.0. The monoisotopic (exact) mass is 538 g/mol. The Labute approximate surface area is 224 Å². The Hall–Kier alpha value is -0.850. The highest BCUT2D eigenvalue weighted by atomic mass is 16.6. The third kappa shape index (κ3) is 28.0. The summed E-state index contributed by atoms with van der Waals surface area (Å²) < 4.78 is 48.7. The molecule has 0 rings (SSSR count). The van der Waals surface area contributed by atoms with Crippen molar-refractivity contribution in [2.45, 2.75) is 59.5 Å². The van der Waals surface area contributed by atoms with E-state index in [1.807, 2.05) is 20.8 Å². The minimum Gasteiger partial charge on any atom is -0.463 e. The molecule has 1 unspecified atom stereocenters. The van der Waals surface area contributed by atoms with Gasteiger partial charge in [-0.25, -0.2) is 0 Å². The molecule has 0 spiro atoms. The van der Waals surface area contributed by atoms with Crippen molar-refractivity contribution in [3.05, 3.63) is 0 Å². The van der Waals surface area contributed by atoms with Gasteiger partial charge in [0.15, 0.2) is 0 Å². The van der Waals surface area contributed by atoms with Crippen LogP contribution < -0.4 is 0 Å². The van der Waals surface area contributed by atoms with Gasteiger partial charge in [0.25, 0.3) is 0 Å². The third-order valence-corrected chi connectivity index (χ3v) is 5.12. The van der Waals surface area contributed by atoms with Gasteiger partial charge in [-0.05, 0) is 26.7 Å². The molecule has 0 aromatic carbocycles. The van der Waals surface area contributed by atoms with Gasteiger partial charge in [-0.15, -0.1) is 0 Å². The van der Waals surface area contributed by atoms with Crippen LogP contribution in [-0.2, 0) is 47.4 Å². The Balaban J connectivity index is 3.18. The van der Waals surface area contributed by atoms with E-state index in [0.717, 1.165) is 25.7 Å². The maximum Gasteiger partial charge on any atom is 0.308 e. The Bertz CT molecular complexity index is 464. The zero-order valence-corrected chi connectivity index (χ0v) is 23.9. The maximum absolute atomic E-state index is 12.0. The van der Waals surface area contributed by atoms with Crippen LogP contribution in [0.25, 0.3) is 0 Å². The summed E-state index contributed by atoms with van der Waals surface area (Å²) in [6.45, 7) is 16.2. The fourth-order valence-corrected chi connectivity index (χ4v) is 3.02. The highest BCUT2D eigenvalue weighted by Gasteiger charge is 2.16. The topological polar surface area (TPSA) is 100 Å². The molecule has 0 saturated carbocycles. The molecule has 0 bridgehead atoms. The van der Waals surface area contributed by atoms with E-state index in [0.29, 0.717) is 99.1 Å². The first kappa shape index (κ1) is 36.1. The second-order valence-corrected chi connectivity index (χ2v) is 8.62. The lowest BCUT2D eigenvalue weighted by Crippen LogP contribution is -2.20. The van der Waals surface area contributed by atoms with Gasteiger partial charge < -0.3 is 42.6 Å². The number of carbonyl (C=O) groups excluding carboxylic acids is 1. The molecule has 0 aliphatic heterocycles. The van der Waals surface area contributed by atoms with Crippen molar-refractivity contribution in [3.63, 3.8) is 0 Å². The molecular formula is C27H54O10. The summed E-state index contributed by atoms with van der Waals surface area (Å²) in [5, 5.41) is 0. The van der Waals surface area contributed by atoms with Gasteiger partial charge in [0.05, 0.1) is 111 Å². The van der Waals surface area contributed by atoms with Gasteiger partial charge in [-0.3, -0.25) is 4.79 Å². The van der Waals surface area contributed by atoms with Crippen LogP contribution >= 0.6 is 0 Å². The zero-order valence-electron chi connectivity index (χ0n) is 23.9. The molecule has 0 radical (unpaired) electrons. The maximum atomic E-state index is 12.0. The predicted octanol–water partition coefficient (Wildman–Crippen LogP) is 3.29. The van der Waals surface area contributed by atoms with Gasteiger partial charge in [-0.1, -0.05) is 26.7 Å². The lowest BCUT2D eigenvalue weighted by molar-refractivity contribution is -0.150. The molecule has 0 aliphatic carbocycles. The van der Waals surface area contributed by atoms with Gasteiger partial charge in [0.1, 0.15) is 6.61 Å². The summed E-state index contributed by atoms with van der Waals surface area (Å²) in [7, 11) is 0. The minimum absolute atomic E-state index is 0.00384. The van der Waals surface area contributed by atoms with Crippen LogP contribution in [0.2, 0.25) is 0 Å². The number of rotatable bonds is 30. The van der Waals surface area contributed by atoms with E-state index in [2.05, 4.69) is 6.92 Å². The number of ether oxygens (including phenoxy) is 9. The summed E-state index contributed by atoms with van der Waals surface area (Å²) in [4.78, 5) is 12.0. The van der Waals surface area contributed by atoms with Crippen molar-refractivity contribution in [3.8, 4) is 0 Å². The van der Waals surface area contributed by atoms with E-state index in [-0.39, 0.29) is 24.6 Å². The molecule has 0 heterocycles. The summed E-state index contributed by atoms with van der Waals surface area (Å²) in [5.41, 5.74) is 0. The number of carbonyl (C=O) groups is 1. The summed E-state index contributed by atoms with van der Waals surface area (Å²) in [6, 6.07) is 0. The van der Waals surface area contributed by atoms with E-state index in [9.17, 15) is 4.79 Å². The van der Waals surface area contributed by atoms with E-state index in [4.69, 9.17) is 42.6 Å². The summed E-state index contributed by atoms with van der Waals surface area (Å²) >= 11 is 0. The van der Waals surface area contributed by atoms with Crippen LogP contribution in [-0.4, -0.2) is 118 Å². The van der Waals surface area contributed by atoms with Crippen molar-refractivity contribution >= 4 is 5.97 Å². The highest BCUT2D eigenvalue weighted by Crippen LogP contribution is 2.14. The highest BCUT2D eigenvalue weighted by molar-refractivity contribution is 5.72. The van der Waals surface area contributed by atoms with Crippen molar-refractivity contribution in [1.82, 2.24) is 0 Å². The average Bonchev–Trinajstić information content (AvgIpc) is 2.88. The van der Waals surface area contributed by atoms with Crippen molar-refractivity contribution in [2.24, 2.45) is 5.92 Å². The molecule has 1 atom stereocenters. The Morgan fingerprint density at radius 1 is 0.541 bits per heavy atom. The molecule has 37 heavy (non-hydrogen) atoms. The first-order chi connectivity index (χ1) is 18.1. The molecular weight excluding hydrogens is 484 g/mol. The predicted molar refractivity (Wildman–Crippen MR) is 141 cm³/mol. The molecule has 0 saturated heterocycles.